The van der Waals surface area contributed by atoms with Crippen LogP contribution >= 0.6 is 0 Å². The molecular weight excluding hydrogens is 280 g/mol. The molecule has 4 heteroatoms. The average Bonchev–Trinajstić information content (AvgIpc) is 3.29. The molecular formula is C18H14O4. The first-order valence-corrected chi connectivity index (χ1v) is 7.19. The smallest absolute Gasteiger partial charge is 0.174 e. The molecule has 0 amide bonds. The molecule has 0 bridgehead atoms. The summed E-state index contributed by atoms with van der Waals surface area (Å²) >= 11 is 0. The van der Waals surface area contributed by atoms with E-state index < -0.39 is 0 Å². The van der Waals surface area contributed by atoms with Gasteiger partial charge in [-0.1, -0.05) is 12.1 Å². The number of carbonyl (C=O) groups excluding carboxylic acids is 2. The summed E-state index contributed by atoms with van der Waals surface area (Å²) in [6.45, 7) is 0. The Morgan fingerprint density at radius 3 is 2.55 bits per heavy atom. The largest absolute Gasteiger partial charge is 0.497 e. The van der Waals surface area contributed by atoms with Crippen LogP contribution in [0.3, 0.4) is 0 Å². The van der Waals surface area contributed by atoms with E-state index in [0.29, 0.717) is 22.6 Å². The molecule has 0 aromatic heterocycles. The van der Waals surface area contributed by atoms with Gasteiger partial charge in [0.05, 0.1) is 24.5 Å². The Bertz CT molecular complexity index is 763. The van der Waals surface area contributed by atoms with Crippen molar-refractivity contribution in [3.8, 4) is 11.5 Å². The third-order valence-corrected chi connectivity index (χ3v) is 4.35. The summed E-state index contributed by atoms with van der Waals surface area (Å²) < 4.78 is 10.9. The second-order valence-electron chi connectivity index (χ2n) is 5.59. The standard InChI is InChI=1S/C18H14O4/c1-21-11-8-6-10(7-9-11)16(19)14-15-17(20)12-4-2-3-5-13(12)22-18(14)15/h2-9,14-15,18H,1H3/t14-,15-,18-/m0/s1. The molecule has 1 aliphatic carbocycles. The van der Waals surface area contributed by atoms with Crippen LogP contribution in [0, 0.1) is 11.8 Å². The lowest BCUT2D eigenvalue weighted by atomic mass is 10.0. The Labute approximate surface area is 127 Å². The normalized spacial score (nSPS) is 24.8. The second kappa shape index (κ2) is 4.70. The summed E-state index contributed by atoms with van der Waals surface area (Å²) in [5.41, 5.74) is 1.16. The highest BCUT2D eigenvalue weighted by atomic mass is 16.5. The van der Waals surface area contributed by atoms with Gasteiger partial charge in [-0.25, -0.2) is 0 Å². The molecule has 110 valence electrons. The SMILES string of the molecule is COc1ccc(C(=O)[C@H]2[C@@H]3Oc4ccccc4C(=O)[C@@H]32)cc1. The van der Waals surface area contributed by atoms with Gasteiger partial charge in [0.2, 0.25) is 0 Å². The third kappa shape index (κ3) is 1.84. The summed E-state index contributed by atoms with van der Waals surface area (Å²) in [5, 5.41) is 0. The molecule has 2 aromatic carbocycles. The van der Waals surface area contributed by atoms with Crippen LogP contribution in [0.25, 0.3) is 0 Å². The van der Waals surface area contributed by atoms with E-state index >= 15 is 0 Å². The van der Waals surface area contributed by atoms with Crippen molar-refractivity contribution < 1.29 is 19.1 Å². The predicted octanol–water partition coefficient (Wildman–Crippen LogP) is 2.77. The van der Waals surface area contributed by atoms with Gasteiger partial charge in [-0.15, -0.1) is 0 Å². The molecule has 4 rings (SSSR count). The number of rotatable bonds is 3. The number of benzene rings is 2. The molecule has 4 nitrogen and oxygen atoms in total. The molecule has 1 heterocycles. The van der Waals surface area contributed by atoms with E-state index in [1.54, 1.807) is 43.5 Å². The van der Waals surface area contributed by atoms with Gasteiger partial charge in [-0.2, -0.15) is 0 Å². The Kier molecular flexibility index (Phi) is 2.79. The van der Waals surface area contributed by atoms with E-state index in [1.807, 2.05) is 12.1 Å². The number of methoxy groups -OCH3 is 1. The number of carbonyl (C=O) groups is 2. The minimum atomic E-state index is -0.381. The van der Waals surface area contributed by atoms with Gasteiger partial charge < -0.3 is 9.47 Å². The molecule has 0 radical (unpaired) electrons. The molecule has 22 heavy (non-hydrogen) atoms. The van der Waals surface area contributed by atoms with Crippen LogP contribution in [-0.2, 0) is 0 Å². The Morgan fingerprint density at radius 2 is 1.82 bits per heavy atom. The number of hydrogen-bond acceptors (Lipinski definition) is 4. The maximum atomic E-state index is 12.6. The first-order valence-electron chi connectivity index (χ1n) is 7.19. The number of hydrogen-bond donors (Lipinski definition) is 0. The molecule has 0 N–H and O–H groups in total. The monoisotopic (exact) mass is 294 g/mol. The Hall–Kier alpha value is -2.62. The van der Waals surface area contributed by atoms with Crippen molar-refractivity contribution in [2.45, 2.75) is 6.10 Å². The van der Waals surface area contributed by atoms with Crippen molar-refractivity contribution in [2.24, 2.45) is 11.8 Å². The maximum Gasteiger partial charge on any atom is 0.174 e. The molecule has 0 unspecified atom stereocenters. The van der Waals surface area contributed by atoms with Crippen molar-refractivity contribution in [1.29, 1.82) is 0 Å². The van der Waals surface area contributed by atoms with Crippen LogP contribution < -0.4 is 9.47 Å². The predicted molar refractivity (Wildman–Crippen MR) is 79.5 cm³/mol. The first kappa shape index (κ1) is 13.1. The van der Waals surface area contributed by atoms with Gasteiger partial charge in [-0.3, -0.25) is 9.59 Å². The average molecular weight is 294 g/mol. The first-order chi connectivity index (χ1) is 10.7. The van der Waals surface area contributed by atoms with Crippen molar-refractivity contribution in [3.63, 3.8) is 0 Å². The van der Waals surface area contributed by atoms with Gasteiger partial charge in [-0.05, 0) is 36.4 Å². The van der Waals surface area contributed by atoms with E-state index in [4.69, 9.17) is 9.47 Å². The fourth-order valence-corrected chi connectivity index (χ4v) is 3.10. The number of Topliss-reactive ketones (excluding diaryl/α,β-unsaturated/α-hetero) is 2. The quantitative estimate of drug-likeness (QED) is 0.817. The number of ketones is 2. The number of fused-ring (bicyclic) bond motifs is 2. The van der Waals surface area contributed by atoms with Crippen LogP contribution in [0.4, 0.5) is 0 Å². The molecule has 1 fully saturated rings. The van der Waals surface area contributed by atoms with E-state index in [1.165, 1.54) is 0 Å². The molecule has 3 atom stereocenters. The zero-order valence-corrected chi connectivity index (χ0v) is 12.0. The Morgan fingerprint density at radius 1 is 1.09 bits per heavy atom. The minimum absolute atomic E-state index is 0.0127. The Balaban J connectivity index is 1.59. The lowest BCUT2D eigenvalue weighted by Crippen LogP contribution is -2.16. The van der Waals surface area contributed by atoms with Crippen molar-refractivity contribution >= 4 is 11.6 Å². The maximum absolute atomic E-state index is 12.6. The van der Waals surface area contributed by atoms with Crippen LogP contribution in [0.2, 0.25) is 0 Å². The van der Waals surface area contributed by atoms with Gasteiger partial charge in [0.15, 0.2) is 11.6 Å². The molecule has 2 aliphatic rings. The highest BCUT2D eigenvalue weighted by Crippen LogP contribution is 2.50. The lowest BCUT2D eigenvalue weighted by molar-refractivity contribution is 0.0900. The zero-order chi connectivity index (χ0) is 15.3. The van der Waals surface area contributed by atoms with Gasteiger partial charge in [0.25, 0.3) is 0 Å². The van der Waals surface area contributed by atoms with Crippen LogP contribution in [-0.4, -0.2) is 24.8 Å². The molecule has 1 aliphatic heterocycles. The van der Waals surface area contributed by atoms with E-state index in [9.17, 15) is 9.59 Å². The lowest BCUT2D eigenvalue weighted by Gasteiger charge is -2.14. The van der Waals surface area contributed by atoms with Crippen molar-refractivity contribution in [1.82, 2.24) is 0 Å². The number of para-hydroxylation sites is 1. The zero-order valence-electron chi connectivity index (χ0n) is 12.0. The summed E-state index contributed by atoms with van der Waals surface area (Å²) in [6.07, 6.45) is -0.322. The summed E-state index contributed by atoms with van der Waals surface area (Å²) in [4.78, 5) is 25.0. The van der Waals surface area contributed by atoms with Crippen molar-refractivity contribution in [2.75, 3.05) is 7.11 Å². The highest BCUT2D eigenvalue weighted by molar-refractivity contribution is 6.11. The van der Waals surface area contributed by atoms with Crippen LogP contribution in [0.15, 0.2) is 48.5 Å². The van der Waals surface area contributed by atoms with Gasteiger partial charge in [0.1, 0.15) is 17.6 Å². The summed E-state index contributed by atoms with van der Waals surface area (Å²) in [6, 6.07) is 14.1. The van der Waals surface area contributed by atoms with E-state index in [-0.39, 0.29) is 29.5 Å². The third-order valence-electron chi connectivity index (χ3n) is 4.35. The topological polar surface area (TPSA) is 52.6 Å². The van der Waals surface area contributed by atoms with E-state index in [2.05, 4.69) is 0 Å². The summed E-state index contributed by atoms with van der Waals surface area (Å²) in [7, 11) is 1.58. The van der Waals surface area contributed by atoms with Gasteiger partial charge in [0, 0.05) is 5.56 Å². The van der Waals surface area contributed by atoms with Gasteiger partial charge >= 0.3 is 0 Å². The minimum Gasteiger partial charge on any atom is -0.497 e. The van der Waals surface area contributed by atoms with Crippen LogP contribution in [0.1, 0.15) is 20.7 Å². The highest BCUT2D eigenvalue weighted by Gasteiger charge is 2.63. The fraction of sp³-hybridized carbons (Fsp3) is 0.222. The second-order valence-corrected chi connectivity index (χ2v) is 5.59. The molecule has 0 spiro atoms. The number of ether oxygens (including phenoxy) is 2. The fourth-order valence-electron chi connectivity index (χ4n) is 3.10. The van der Waals surface area contributed by atoms with Crippen molar-refractivity contribution in [3.05, 3.63) is 59.7 Å². The summed E-state index contributed by atoms with van der Waals surface area (Å²) in [5.74, 6) is 0.526. The molecule has 2 aromatic rings. The van der Waals surface area contributed by atoms with Crippen LogP contribution in [0.5, 0.6) is 11.5 Å². The molecule has 0 saturated heterocycles. The molecule has 1 saturated carbocycles. The van der Waals surface area contributed by atoms with E-state index in [0.717, 1.165) is 0 Å².